The number of unbranched alkanes of at least 4 members (excludes halogenated alkanes) is 21. The lowest BCUT2D eigenvalue weighted by Crippen LogP contribution is -2.47. The van der Waals surface area contributed by atoms with E-state index in [0.717, 1.165) is 25.7 Å². The van der Waals surface area contributed by atoms with Crippen molar-refractivity contribution in [2.75, 3.05) is 6.61 Å². The largest absolute Gasteiger partial charge is 0.430 e. The van der Waals surface area contributed by atoms with Crippen molar-refractivity contribution in [3.05, 3.63) is 0 Å². The van der Waals surface area contributed by atoms with Gasteiger partial charge in [-0.3, -0.25) is 4.79 Å². The summed E-state index contributed by atoms with van der Waals surface area (Å²) in [4.78, 5) is 12.4. The van der Waals surface area contributed by atoms with E-state index in [0.29, 0.717) is 19.4 Å². The lowest BCUT2D eigenvalue weighted by atomic mass is 10.0. The molecule has 0 spiro atoms. The average molecular weight is 527 g/mol. The molecule has 0 radical (unpaired) electrons. The van der Waals surface area contributed by atoms with Crippen LogP contribution in [0.15, 0.2) is 0 Å². The van der Waals surface area contributed by atoms with Gasteiger partial charge in [-0.25, -0.2) is 0 Å². The molecule has 0 aromatic rings. The van der Waals surface area contributed by atoms with Crippen molar-refractivity contribution in [2.24, 2.45) is 0 Å². The Labute approximate surface area is 232 Å². The van der Waals surface area contributed by atoms with Gasteiger partial charge in [-0.05, 0) is 19.8 Å². The molecule has 0 amide bonds. The highest BCUT2D eigenvalue weighted by atomic mass is 16.7. The molecular weight excluding hydrogens is 460 g/mol. The summed E-state index contributed by atoms with van der Waals surface area (Å²) in [5.74, 6) is -1.44. The van der Waals surface area contributed by atoms with E-state index in [1.807, 2.05) is 6.92 Å². The highest BCUT2D eigenvalue weighted by Gasteiger charge is 2.38. The van der Waals surface area contributed by atoms with Crippen molar-refractivity contribution >= 4 is 5.97 Å². The van der Waals surface area contributed by atoms with Crippen LogP contribution in [0.25, 0.3) is 0 Å². The first-order valence-corrected chi connectivity index (χ1v) is 16.6. The zero-order valence-electron chi connectivity index (χ0n) is 25.6. The number of aliphatic hydroxyl groups excluding tert-OH is 1. The molecule has 0 aromatic heterocycles. The van der Waals surface area contributed by atoms with Crippen molar-refractivity contribution in [1.29, 1.82) is 0 Å². The van der Waals surface area contributed by atoms with Crippen LogP contribution in [0, 0.1) is 0 Å². The molecule has 222 valence electrons. The van der Waals surface area contributed by atoms with Crippen LogP contribution in [0.5, 0.6) is 0 Å². The summed E-state index contributed by atoms with van der Waals surface area (Å²) in [6, 6.07) is 0. The Balaban J connectivity index is 3.62. The summed E-state index contributed by atoms with van der Waals surface area (Å²) in [6.07, 6.45) is 29.9. The Bertz CT molecular complexity index is 479. The molecule has 0 aliphatic rings. The quantitative estimate of drug-likeness (QED) is 0.0598. The maximum absolute atomic E-state index is 12.4. The van der Waals surface area contributed by atoms with Gasteiger partial charge in [0.15, 0.2) is 0 Å². The number of hydrogen-bond donors (Lipinski definition) is 1. The molecule has 37 heavy (non-hydrogen) atoms. The second kappa shape index (κ2) is 27.0. The normalized spacial score (nSPS) is 14.0. The molecular formula is C33H66O4. The zero-order chi connectivity index (χ0) is 27.5. The van der Waals surface area contributed by atoms with Crippen molar-refractivity contribution in [3.8, 4) is 0 Å². The molecule has 0 aliphatic heterocycles. The third kappa shape index (κ3) is 22.0. The molecule has 0 aromatic carbocycles. The first-order valence-electron chi connectivity index (χ1n) is 16.6. The van der Waals surface area contributed by atoms with E-state index >= 15 is 0 Å². The summed E-state index contributed by atoms with van der Waals surface area (Å²) >= 11 is 0. The lowest BCUT2D eigenvalue weighted by Gasteiger charge is -2.35. The number of esters is 1. The number of hydrogen-bond acceptors (Lipinski definition) is 4. The van der Waals surface area contributed by atoms with Gasteiger partial charge in [0.1, 0.15) is 6.10 Å². The highest BCUT2D eigenvalue weighted by Crippen LogP contribution is 2.25. The van der Waals surface area contributed by atoms with Crippen molar-refractivity contribution < 1.29 is 19.4 Å². The molecule has 2 atom stereocenters. The van der Waals surface area contributed by atoms with Gasteiger partial charge < -0.3 is 14.6 Å². The van der Waals surface area contributed by atoms with Gasteiger partial charge in [0, 0.05) is 12.8 Å². The van der Waals surface area contributed by atoms with E-state index in [2.05, 4.69) is 13.8 Å². The molecule has 1 N–H and O–H groups in total. The summed E-state index contributed by atoms with van der Waals surface area (Å²) in [6.45, 7) is 8.54. The Morgan fingerprint density at radius 2 is 0.946 bits per heavy atom. The lowest BCUT2D eigenvalue weighted by molar-refractivity contribution is -0.269. The van der Waals surface area contributed by atoms with Crippen LogP contribution in [-0.2, 0) is 14.3 Å². The monoisotopic (exact) mass is 526 g/mol. The van der Waals surface area contributed by atoms with Gasteiger partial charge in [0.2, 0.25) is 5.79 Å². The van der Waals surface area contributed by atoms with Crippen molar-refractivity contribution in [3.63, 3.8) is 0 Å². The fourth-order valence-corrected chi connectivity index (χ4v) is 5.07. The minimum absolute atomic E-state index is 0.247. The molecule has 0 heterocycles. The van der Waals surface area contributed by atoms with Gasteiger partial charge in [-0.1, -0.05) is 156 Å². The Morgan fingerprint density at radius 1 is 0.595 bits per heavy atom. The Kier molecular flexibility index (Phi) is 26.5. The summed E-state index contributed by atoms with van der Waals surface area (Å²) in [7, 11) is 0. The number of carbonyl (C=O) groups excluding carboxylic acids is 1. The molecule has 0 aliphatic carbocycles. The second-order valence-corrected chi connectivity index (χ2v) is 11.3. The third-order valence-corrected chi connectivity index (χ3v) is 7.74. The van der Waals surface area contributed by atoms with E-state index in [4.69, 9.17) is 9.47 Å². The van der Waals surface area contributed by atoms with Crippen molar-refractivity contribution in [1.82, 2.24) is 0 Å². The highest BCUT2D eigenvalue weighted by molar-refractivity contribution is 5.69. The SMILES string of the molecule is CCCCCCCCCCCCCCCCCCCCCC(=O)OC(CC)(OCCCCCC)C(C)O. The fourth-order valence-electron chi connectivity index (χ4n) is 5.07. The topological polar surface area (TPSA) is 55.8 Å². The van der Waals surface area contributed by atoms with E-state index in [9.17, 15) is 9.90 Å². The van der Waals surface area contributed by atoms with Crippen LogP contribution in [0.2, 0.25) is 0 Å². The summed E-state index contributed by atoms with van der Waals surface area (Å²) < 4.78 is 11.6. The summed E-state index contributed by atoms with van der Waals surface area (Å²) in [5.41, 5.74) is 0. The number of carbonyl (C=O) groups is 1. The minimum Gasteiger partial charge on any atom is -0.430 e. The predicted molar refractivity (Wildman–Crippen MR) is 159 cm³/mol. The molecule has 2 unspecified atom stereocenters. The van der Waals surface area contributed by atoms with Crippen LogP contribution in [0.3, 0.4) is 0 Å². The zero-order valence-corrected chi connectivity index (χ0v) is 25.6. The standard InChI is InChI=1S/C33H66O4/c1-5-8-10-12-13-14-15-16-17-18-19-20-21-22-23-24-25-26-27-29-32(35)37-33(7-3,31(4)34)36-30-28-11-9-6-2/h31,34H,5-30H2,1-4H3. The first-order chi connectivity index (χ1) is 18.0. The Morgan fingerprint density at radius 3 is 1.30 bits per heavy atom. The minimum atomic E-state index is -1.20. The average Bonchev–Trinajstić information content (AvgIpc) is 2.89. The third-order valence-electron chi connectivity index (χ3n) is 7.74. The van der Waals surface area contributed by atoms with Gasteiger partial charge >= 0.3 is 5.97 Å². The van der Waals surface area contributed by atoms with Crippen LogP contribution in [-0.4, -0.2) is 29.6 Å². The van der Waals surface area contributed by atoms with E-state index in [-0.39, 0.29) is 5.97 Å². The molecule has 4 nitrogen and oxygen atoms in total. The predicted octanol–water partition coefficient (Wildman–Crippen LogP) is 10.4. The Hall–Kier alpha value is -0.610. The fraction of sp³-hybridized carbons (Fsp3) is 0.970. The van der Waals surface area contributed by atoms with Gasteiger partial charge in [0.05, 0.1) is 6.61 Å². The van der Waals surface area contributed by atoms with Gasteiger partial charge in [-0.15, -0.1) is 0 Å². The van der Waals surface area contributed by atoms with Crippen LogP contribution < -0.4 is 0 Å². The smallest absolute Gasteiger partial charge is 0.308 e. The maximum Gasteiger partial charge on any atom is 0.308 e. The molecule has 0 fully saturated rings. The summed E-state index contributed by atoms with van der Waals surface area (Å²) in [5, 5.41) is 10.2. The number of ether oxygens (including phenoxy) is 2. The van der Waals surface area contributed by atoms with E-state index in [1.165, 1.54) is 122 Å². The van der Waals surface area contributed by atoms with Crippen LogP contribution in [0.4, 0.5) is 0 Å². The van der Waals surface area contributed by atoms with Crippen LogP contribution >= 0.6 is 0 Å². The molecule has 0 bridgehead atoms. The van der Waals surface area contributed by atoms with E-state index in [1.54, 1.807) is 6.92 Å². The van der Waals surface area contributed by atoms with Crippen LogP contribution in [0.1, 0.15) is 188 Å². The van der Waals surface area contributed by atoms with Gasteiger partial charge in [0.25, 0.3) is 0 Å². The van der Waals surface area contributed by atoms with Crippen molar-refractivity contribution in [2.45, 2.75) is 200 Å². The second-order valence-electron chi connectivity index (χ2n) is 11.3. The number of rotatable bonds is 29. The molecule has 0 saturated carbocycles. The van der Waals surface area contributed by atoms with E-state index < -0.39 is 11.9 Å². The molecule has 0 saturated heterocycles. The number of aliphatic hydroxyl groups is 1. The maximum atomic E-state index is 12.4. The first kappa shape index (κ1) is 36.4. The molecule has 4 heteroatoms. The van der Waals surface area contributed by atoms with Gasteiger partial charge in [-0.2, -0.15) is 0 Å². The molecule has 0 rings (SSSR count).